The van der Waals surface area contributed by atoms with Crippen LogP contribution >= 0.6 is 34.8 Å². The smallest absolute Gasteiger partial charge is 0.139 e. The molecule has 5 heteroatoms. The van der Waals surface area contributed by atoms with Gasteiger partial charge in [0.2, 0.25) is 0 Å². The molecule has 0 saturated carbocycles. The van der Waals surface area contributed by atoms with Crippen molar-refractivity contribution >= 4 is 40.5 Å². The molecule has 0 fully saturated rings. The summed E-state index contributed by atoms with van der Waals surface area (Å²) in [6.07, 6.45) is 0. The van der Waals surface area contributed by atoms with Gasteiger partial charge < -0.3 is 10.4 Å². The third-order valence-electron chi connectivity index (χ3n) is 2.70. The molecule has 0 amide bonds. The molecular weight excluding hydrogens is 305 g/mol. The zero-order valence-electron chi connectivity index (χ0n) is 10.2. The van der Waals surface area contributed by atoms with Crippen LogP contribution in [0.1, 0.15) is 11.1 Å². The summed E-state index contributed by atoms with van der Waals surface area (Å²) in [5.74, 6) is 0.0294. The average Bonchev–Trinajstić information content (AvgIpc) is 2.33. The zero-order valence-corrected chi connectivity index (χ0v) is 12.4. The Morgan fingerprint density at radius 1 is 1.05 bits per heavy atom. The second kappa shape index (κ2) is 5.91. The Labute approximate surface area is 126 Å². The highest BCUT2D eigenvalue weighted by molar-refractivity contribution is 6.35. The SMILES string of the molecule is Cc1ccc(NCc2cc(Cl)cc(Cl)c2O)c(Cl)c1. The minimum Gasteiger partial charge on any atom is -0.506 e. The first-order chi connectivity index (χ1) is 8.97. The molecule has 0 aliphatic rings. The molecule has 0 saturated heterocycles. The van der Waals surface area contributed by atoms with E-state index < -0.39 is 0 Å². The molecule has 0 aliphatic carbocycles. The number of anilines is 1. The maximum atomic E-state index is 9.85. The van der Waals surface area contributed by atoms with Crippen molar-refractivity contribution < 1.29 is 5.11 Å². The van der Waals surface area contributed by atoms with Gasteiger partial charge in [-0.2, -0.15) is 0 Å². The molecule has 0 spiro atoms. The van der Waals surface area contributed by atoms with Gasteiger partial charge in [0.15, 0.2) is 0 Å². The van der Waals surface area contributed by atoms with Crippen LogP contribution in [0, 0.1) is 6.92 Å². The number of aromatic hydroxyl groups is 1. The van der Waals surface area contributed by atoms with Crippen molar-refractivity contribution in [3.63, 3.8) is 0 Å². The van der Waals surface area contributed by atoms with Crippen LogP contribution in [0.15, 0.2) is 30.3 Å². The van der Waals surface area contributed by atoms with Crippen LogP contribution in [0.5, 0.6) is 5.75 Å². The van der Waals surface area contributed by atoms with Gasteiger partial charge in [0, 0.05) is 17.1 Å². The van der Waals surface area contributed by atoms with E-state index in [1.807, 2.05) is 25.1 Å². The fourth-order valence-corrected chi connectivity index (χ4v) is 2.55. The van der Waals surface area contributed by atoms with Crippen molar-refractivity contribution in [2.45, 2.75) is 13.5 Å². The Bertz CT molecular complexity index is 614. The summed E-state index contributed by atoms with van der Waals surface area (Å²) in [6.45, 7) is 2.35. The van der Waals surface area contributed by atoms with Crippen LogP contribution < -0.4 is 5.32 Å². The number of phenolic OH excluding ortho intramolecular Hbond substituents is 1. The molecule has 2 N–H and O–H groups in total. The normalized spacial score (nSPS) is 10.5. The Kier molecular flexibility index (Phi) is 4.46. The quantitative estimate of drug-likeness (QED) is 0.808. The van der Waals surface area contributed by atoms with Crippen LogP contribution in [0.4, 0.5) is 5.69 Å². The molecule has 2 aromatic rings. The van der Waals surface area contributed by atoms with E-state index >= 15 is 0 Å². The number of rotatable bonds is 3. The highest BCUT2D eigenvalue weighted by Gasteiger charge is 2.08. The second-order valence-electron chi connectivity index (χ2n) is 4.23. The molecule has 2 rings (SSSR count). The summed E-state index contributed by atoms with van der Waals surface area (Å²) in [6, 6.07) is 8.88. The second-order valence-corrected chi connectivity index (χ2v) is 5.48. The maximum absolute atomic E-state index is 9.85. The molecule has 0 radical (unpaired) electrons. The topological polar surface area (TPSA) is 32.3 Å². The Morgan fingerprint density at radius 3 is 2.47 bits per heavy atom. The van der Waals surface area contributed by atoms with E-state index in [4.69, 9.17) is 34.8 Å². The Hall–Kier alpha value is -1.09. The summed E-state index contributed by atoms with van der Waals surface area (Å²) in [7, 11) is 0. The van der Waals surface area contributed by atoms with E-state index in [1.165, 1.54) is 6.07 Å². The molecule has 0 unspecified atom stereocenters. The Balaban J connectivity index is 2.19. The van der Waals surface area contributed by atoms with Crippen LogP contribution in [-0.2, 0) is 6.54 Å². The summed E-state index contributed by atoms with van der Waals surface area (Å²) in [5.41, 5.74) is 2.50. The zero-order chi connectivity index (χ0) is 14.0. The number of hydrogen-bond acceptors (Lipinski definition) is 2. The fraction of sp³-hybridized carbons (Fsp3) is 0.143. The predicted molar refractivity (Wildman–Crippen MR) is 81.6 cm³/mol. The molecule has 0 heterocycles. The number of phenols is 1. The van der Waals surface area contributed by atoms with E-state index in [2.05, 4.69) is 5.32 Å². The van der Waals surface area contributed by atoms with E-state index in [9.17, 15) is 5.11 Å². The third-order valence-corrected chi connectivity index (χ3v) is 3.52. The van der Waals surface area contributed by atoms with Crippen LogP contribution in [-0.4, -0.2) is 5.11 Å². The van der Waals surface area contributed by atoms with Gasteiger partial charge in [0.1, 0.15) is 5.75 Å². The Morgan fingerprint density at radius 2 is 1.79 bits per heavy atom. The van der Waals surface area contributed by atoms with Gasteiger partial charge in [0.25, 0.3) is 0 Å². The lowest BCUT2D eigenvalue weighted by Crippen LogP contribution is -2.00. The summed E-state index contributed by atoms with van der Waals surface area (Å²) in [5, 5.41) is 14.3. The van der Waals surface area contributed by atoms with Crippen molar-refractivity contribution in [1.29, 1.82) is 0 Å². The van der Waals surface area contributed by atoms with Crippen molar-refractivity contribution in [3.8, 4) is 5.75 Å². The van der Waals surface area contributed by atoms with Crippen LogP contribution in [0.2, 0.25) is 15.1 Å². The molecule has 0 bridgehead atoms. The van der Waals surface area contributed by atoms with Gasteiger partial charge in [-0.3, -0.25) is 0 Å². The van der Waals surface area contributed by atoms with E-state index in [0.29, 0.717) is 22.2 Å². The van der Waals surface area contributed by atoms with Gasteiger partial charge in [-0.1, -0.05) is 40.9 Å². The van der Waals surface area contributed by atoms with Crippen molar-refractivity contribution in [2.24, 2.45) is 0 Å². The van der Waals surface area contributed by atoms with Crippen molar-refractivity contribution in [2.75, 3.05) is 5.32 Å². The van der Waals surface area contributed by atoms with E-state index in [0.717, 1.165) is 11.3 Å². The number of halogens is 3. The lowest BCUT2D eigenvalue weighted by molar-refractivity contribution is 0.469. The molecule has 0 aliphatic heterocycles. The van der Waals surface area contributed by atoms with Gasteiger partial charge in [-0.25, -0.2) is 0 Å². The number of hydrogen-bond donors (Lipinski definition) is 2. The third kappa shape index (κ3) is 3.47. The standard InChI is InChI=1S/C14H12Cl3NO/c1-8-2-3-13(11(16)4-8)18-7-9-5-10(15)6-12(17)14(9)19/h2-6,18-19H,7H2,1H3. The van der Waals surface area contributed by atoms with Crippen LogP contribution in [0.3, 0.4) is 0 Å². The highest BCUT2D eigenvalue weighted by Crippen LogP contribution is 2.32. The molecule has 2 aromatic carbocycles. The molecule has 19 heavy (non-hydrogen) atoms. The largest absolute Gasteiger partial charge is 0.506 e. The molecule has 0 aromatic heterocycles. The molecule has 2 nitrogen and oxygen atoms in total. The molecule has 0 atom stereocenters. The lowest BCUT2D eigenvalue weighted by atomic mass is 10.2. The molecule has 100 valence electrons. The van der Waals surface area contributed by atoms with Gasteiger partial charge in [0.05, 0.1) is 15.7 Å². The fourth-order valence-electron chi connectivity index (χ4n) is 1.71. The van der Waals surface area contributed by atoms with Gasteiger partial charge >= 0.3 is 0 Å². The first-order valence-corrected chi connectivity index (χ1v) is 6.77. The minimum absolute atomic E-state index is 0.0294. The lowest BCUT2D eigenvalue weighted by Gasteiger charge is -2.11. The van der Waals surface area contributed by atoms with Gasteiger partial charge in [-0.05, 0) is 36.8 Å². The van der Waals surface area contributed by atoms with Crippen LogP contribution in [0.25, 0.3) is 0 Å². The maximum Gasteiger partial charge on any atom is 0.139 e. The first kappa shape index (κ1) is 14.3. The van der Waals surface area contributed by atoms with Crippen molar-refractivity contribution in [3.05, 3.63) is 56.5 Å². The van der Waals surface area contributed by atoms with Gasteiger partial charge in [-0.15, -0.1) is 0 Å². The monoisotopic (exact) mass is 315 g/mol. The summed E-state index contributed by atoms with van der Waals surface area (Å²) in [4.78, 5) is 0. The summed E-state index contributed by atoms with van der Waals surface area (Å²) >= 11 is 17.9. The number of benzene rings is 2. The number of aryl methyl sites for hydroxylation is 1. The highest BCUT2D eigenvalue weighted by atomic mass is 35.5. The first-order valence-electron chi connectivity index (χ1n) is 5.64. The predicted octanol–water partition coefficient (Wildman–Crippen LogP) is 5.27. The van der Waals surface area contributed by atoms with E-state index in [1.54, 1.807) is 6.07 Å². The van der Waals surface area contributed by atoms with Crippen molar-refractivity contribution in [1.82, 2.24) is 0 Å². The summed E-state index contributed by atoms with van der Waals surface area (Å²) < 4.78 is 0. The minimum atomic E-state index is 0.0294. The average molecular weight is 317 g/mol. The molecular formula is C14H12Cl3NO. The number of nitrogens with one attached hydrogen (secondary N) is 1. The van der Waals surface area contributed by atoms with E-state index in [-0.39, 0.29) is 10.8 Å².